The van der Waals surface area contributed by atoms with E-state index in [4.69, 9.17) is 5.73 Å². The monoisotopic (exact) mass is 290 g/mol. The van der Waals surface area contributed by atoms with Crippen molar-refractivity contribution in [3.63, 3.8) is 0 Å². The highest BCUT2D eigenvalue weighted by Crippen LogP contribution is 2.30. The lowest BCUT2D eigenvalue weighted by Crippen LogP contribution is -2.48. The third-order valence-corrected chi connectivity index (χ3v) is 4.49. The van der Waals surface area contributed by atoms with Crippen molar-refractivity contribution in [2.45, 2.75) is 52.7 Å². The average Bonchev–Trinajstić information content (AvgIpc) is 2.37. The van der Waals surface area contributed by atoms with Gasteiger partial charge in [0.1, 0.15) is 0 Å². The van der Waals surface area contributed by atoms with Gasteiger partial charge in [0.2, 0.25) is 0 Å². The second-order valence-electron chi connectivity index (χ2n) is 7.72. The zero-order chi connectivity index (χ0) is 15.6. The van der Waals surface area contributed by atoms with Gasteiger partial charge in [-0.05, 0) is 48.8 Å². The topological polar surface area (TPSA) is 49.5 Å². The molecule has 0 spiro atoms. The molecule has 118 valence electrons. The number of nitrogens with zero attached hydrogens (tertiary/aromatic N) is 1. The Balaban J connectivity index is 2.06. The number of hydrogen-bond donors (Lipinski definition) is 2. The first kappa shape index (κ1) is 16.3. The van der Waals surface area contributed by atoms with Crippen LogP contribution in [0.1, 0.15) is 39.2 Å². The molecule has 0 aromatic heterocycles. The van der Waals surface area contributed by atoms with Crippen LogP contribution < -0.4 is 10.6 Å². The summed E-state index contributed by atoms with van der Waals surface area (Å²) in [6.45, 7) is 10.3. The lowest BCUT2D eigenvalue weighted by molar-refractivity contribution is 0.0381. The summed E-state index contributed by atoms with van der Waals surface area (Å²) in [5.74, 6) is 0.462. The number of piperidine rings is 1. The molecule has 0 radical (unpaired) electrons. The Morgan fingerprint density at radius 2 is 2.05 bits per heavy atom. The van der Waals surface area contributed by atoms with Gasteiger partial charge in [-0.15, -0.1) is 0 Å². The second kappa shape index (κ2) is 6.37. The Morgan fingerprint density at radius 1 is 1.33 bits per heavy atom. The predicted molar refractivity (Wildman–Crippen MR) is 89.6 cm³/mol. The number of aliphatic hydroxyl groups excluding tert-OH is 1. The second-order valence-corrected chi connectivity index (χ2v) is 7.72. The van der Waals surface area contributed by atoms with E-state index in [1.54, 1.807) is 0 Å². The van der Waals surface area contributed by atoms with Gasteiger partial charge >= 0.3 is 0 Å². The smallest absolute Gasteiger partial charge is 0.0591 e. The Bertz CT molecular complexity index is 467. The van der Waals surface area contributed by atoms with Crippen LogP contribution in [-0.4, -0.2) is 30.3 Å². The van der Waals surface area contributed by atoms with Crippen LogP contribution in [0.3, 0.4) is 0 Å². The Labute approximate surface area is 129 Å². The quantitative estimate of drug-likeness (QED) is 0.900. The molecule has 0 aliphatic carbocycles. The number of aryl methyl sites for hydroxylation is 1. The summed E-state index contributed by atoms with van der Waals surface area (Å²) >= 11 is 0. The number of nitrogens with two attached hydrogens (primary N) is 1. The first-order chi connectivity index (χ1) is 9.75. The zero-order valence-electron chi connectivity index (χ0n) is 13.8. The molecule has 21 heavy (non-hydrogen) atoms. The maximum atomic E-state index is 10.4. The van der Waals surface area contributed by atoms with Gasteiger partial charge in [0.05, 0.1) is 6.10 Å². The number of aliphatic hydroxyl groups is 1. The van der Waals surface area contributed by atoms with E-state index >= 15 is 0 Å². The minimum Gasteiger partial charge on any atom is -0.393 e. The van der Waals surface area contributed by atoms with Crippen molar-refractivity contribution in [2.24, 2.45) is 17.1 Å². The summed E-state index contributed by atoms with van der Waals surface area (Å²) in [7, 11) is 0. The molecule has 1 aliphatic rings. The van der Waals surface area contributed by atoms with Gasteiger partial charge < -0.3 is 15.7 Å². The van der Waals surface area contributed by atoms with Gasteiger partial charge in [-0.2, -0.15) is 0 Å². The molecular weight excluding hydrogens is 260 g/mol. The third-order valence-electron chi connectivity index (χ3n) is 4.49. The molecule has 1 saturated heterocycles. The Morgan fingerprint density at radius 3 is 2.67 bits per heavy atom. The first-order valence-corrected chi connectivity index (χ1v) is 8.01. The SMILES string of the molecule is Cc1cccc(N2CC(N)CC(CC(O)C(C)(C)C)C2)c1. The minimum atomic E-state index is -0.271. The van der Waals surface area contributed by atoms with E-state index in [0.29, 0.717) is 5.92 Å². The van der Waals surface area contributed by atoms with Crippen LogP contribution in [0.5, 0.6) is 0 Å². The number of rotatable bonds is 3. The van der Waals surface area contributed by atoms with Crippen LogP contribution in [0.15, 0.2) is 24.3 Å². The van der Waals surface area contributed by atoms with Crippen LogP contribution in [0.4, 0.5) is 5.69 Å². The van der Waals surface area contributed by atoms with E-state index in [1.165, 1.54) is 11.3 Å². The predicted octanol–water partition coefficient (Wildman–Crippen LogP) is 2.95. The van der Waals surface area contributed by atoms with Crippen molar-refractivity contribution in [1.29, 1.82) is 0 Å². The highest BCUT2D eigenvalue weighted by Gasteiger charge is 2.30. The fraction of sp³-hybridized carbons (Fsp3) is 0.667. The summed E-state index contributed by atoms with van der Waals surface area (Å²) in [6.07, 6.45) is 1.57. The van der Waals surface area contributed by atoms with Crippen LogP contribution in [0.2, 0.25) is 0 Å². The van der Waals surface area contributed by atoms with E-state index in [9.17, 15) is 5.11 Å². The van der Waals surface area contributed by atoms with Crippen molar-refractivity contribution in [1.82, 2.24) is 0 Å². The molecule has 3 unspecified atom stereocenters. The van der Waals surface area contributed by atoms with Crippen molar-refractivity contribution in [3.8, 4) is 0 Å². The molecule has 3 heteroatoms. The molecule has 1 heterocycles. The molecule has 3 nitrogen and oxygen atoms in total. The number of benzene rings is 1. The maximum absolute atomic E-state index is 10.4. The largest absolute Gasteiger partial charge is 0.393 e. The van der Waals surface area contributed by atoms with Crippen LogP contribution in [0, 0.1) is 18.3 Å². The third kappa shape index (κ3) is 4.45. The van der Waals surface area contributed by atoms with E-state index in [1.807, 2.05) is 0 Å². The lowest BCUT2D eigenvalue weighted by Gasteiger charge is -2.40. The molecule has 1 fully saturated rings. The van der Waals surface area contributed by atoms with E-state index < -0.39 is 0 Å². The number of anilines is 1. The summed E-state index contributed by atoms with van der Waals surface area (Å²) in [4.78, 5) is 2.38. The average molecular weight is 290 g/mol. The van der Waals surface area contributed by atoms with Gasteiger partial charge in [0.15, 0.2) is 0 Å². The minimum absolute atomic E-state index is 0.0598. The van der Waals surface area contributed by atoms with E-state index in [0.717, 1.165) is 25.9 Å². The molecule has 0 bridgehead atoms. The van der Waals surface area contributed by atoms with Crippen LogP contribution in [0.25, 0.3) is 0 Å². The van der Waals surface area contributed by atoms with Gasteiger partial charge in [-0.25, -0.2) is 0 Å². The molecular formula is C18H30N2O. The van der Waals surface area contributed by atoms with Crippen LogP contribution >= 0.6 is 0 Å². The molecule has 0 saturated carbocycles. The summed E-state index contributed by atoms with van der Waals surface area (Å²) < 4.78 is 0. The fourth-order valence-electron chi connectivity index (χ4n) is 3.12. The molecule has 1 aliphatic heterocycles. The van der Waals surface area contributed by atoms with E-state index in [2.05, 4.69) is 56.9 Å². The van der Waals surface area contributed by atoms with Gasteiger partial charge in [-0.1, -0.05) is 32.9 Å². The molecule has 1 aromatic carbocycles. The highest BCUT2D eigenvalue weighted by atomic mass is 16.3. The summed E-state index contributed by atoms with van der Waals surface area (Å²) in [6, 6.07) is 8.78. The molecule has 3 N–H and O–H groups in total. The molecule has 0 amide bonds. The van der Waals surface area contributed by atoms with E-state index in [-0.39, 0.29) is 17.6 Å². The van der Waals surface area contributed by atoms with Gasteiger partial charge in [-0.3, -0.25) is 0 Å². The first-order valence-electron chi connectivity index (χ1n) is 8.01. The van der Waals surface area contributed by atoms with Gasteiger partial charge in [0, 0.05) is 24.8 Å². The standard InChI is InChI=1S/C18H30N2O/c1-13-6-5-7-16(8-13)20-11-14(9-15(19)12-20)10-17(21)18(2,3)4/h5-8,14-15,17,21H,9-12,19H2,1-4H3. The highest BCUT2D eigenvalue weighted by molar-refractivity contribution is 5.49. The normalized spacial score (nSPS) is 25.0. The van der Waals surface area contributed by atoms with Crippen LogP contribution in [-0.2, 0) is 0 Å². The summed E-state index contributed by atoms with van der Waals surface area (Å²) in [5, 5.41) is 10.4. The fourth-order valence-corrected chi connectivity index (χ4v) is 3.12. The lowest BCUT2D eigenvalue weighted by atomic mass is 9.80. The molecule has 1 aromatic rings. The Kier molecular flexibility index (Phi) is 4.95. The molecule has 3 atom stereocenters. The zero-order valence-corrected chi connectivity index (χ0v) is 13.8. The van der Waals surface area contributed by atoms with Crippen molar-refractivity contribution in [2.75, 3.05) is 18.0 Å². The number of hydrogen-bond acceptors (Lipinski definition) is 3. The van der Waals surface area contributed by atoms with Gasteiger partial charge in [0.25, 0.3) is 0 Å². The Hall–Kier alpha value is -1.06. The van der Waals surface area contributed by atoms with Crippen molar-refractivity contribution in [3.05, 3.63) is 29.8 Å². The van der Waals surface area contributed by atoms with Crippen molar-refractivity contribution >= 4 is 5.69 Å². The molecule has 2 rings (SSSR count). The maximum Gasteiger partial charge on any atom is 0.0591 e. The van der Waals surface area contributed by atoms with Crippen molar-refractivity contribution < 1.29 is 5.11 Å². The summed E-state index contributed by atoms with van der Waals surface area (Å²) in [5.41, 5.74) is 8.72.